The van der Waals surface area contributed by atoms with E-state index in [1.54, 1.807) is 30.3 Å². The van der Waals surface area contributed by atoms with Crippen molar-refractivity contribution in [1.29, 1.82) is 0 Å². The van der Waals surface area contributed by atoms with E-state index in [-0.39, 0.29) is 9.79 Å². The summed E-state index contributed by atoms with van der Waals surface area (Å²) < 4.78 is 25.7. The largest absolute Gasteiger partial charge is 0.356 e. The van der Waals surface area contributed by atoms with Crippen LogP contribution in [-0.2, 0) is 9.84 Å². The van der Waals surface area contributed by atoms with Crippen LogP contribution in [0.1, 0.15) is 12.8 Å². The van der Waals surface area contributed by atoms with Crippen LogP contribution >= 0.6 is 0 Å². The van der Waals surface area contributed by atoms with Crippen LogP contribution in [0.15, 0.2) is 52.6 Å². The van der Waals surface area contributed by atoms with E-state index in [9.17, 15) is 8.42 Å². The van der Waals surface area contributed by atoms with Crippen molar-refractivity contribution in [2.45, 2.75) is 22.6 Å². The zero-order valence-electron chi connectivity index (χ0n) is 12.4. The molecule has 1 N–H and O–H groups in total. The summed E-state index contributed by atoms with van der Waals surface area (Å²) in [6.07, 6.45) is 5.21. The number of sulfone groups is 1. The molecule has 1 saturated heterocycles. The number of hydrogen-bond donors (Lipinski definition) is 1. The molecule has 1 aliphatic rings. The molecule has 0 saturated carbocycles. The minimum absolute atomic E-state index is 0.196. The van der Waals surface area contributed by atoms with Crippen LogP contribution in [0.2, 0.25) is 0 Å². The highest BCUT2D eigenvalue weighted by molar-refractivity contribution is 7.91. The molecule has 2 aromatic heterocycles. The number of fused-ring (bicyclic) bond motifs is 1. The Morgan fingerprint density at radius 1 is 1.04 bits per heavy atom. The van der Waals surface area contributed by atoms with E-state index < -0.39 is 9.84 Å². The van der Waals surface area contributed by atoms with Crippen LogP contribution in [0.3, 0.4) is 0 Å². The first-order valence-corrected chi connectivity index (χ1v) is 9.03. The Hall–Kier alpha value is -2.41. The van der Waals surface area contributed by atoms with Crippen molar-refractivity contribution in [2.24, 2.45) is 0 Å². The third-order valence-corrected chi connectivity index (χ3v) is 5.94. The van der Waals surface area contributed by atoms with E-state index >= 15 is 0 Å². The first-order chi connectivity index (χ1) is 11.2. The van der Waals surface area contributed by atoms with E-state index in [0.717, 1.165) is 31.7 Å². The van der Waals surface area contributed by atoms with Gasteiger partial charge < -0.3 is 9.88 Å². The predicted octanol–water partition coefficient (Wildman–Crippen LogP) is 2.39. The maximum absolute atomic E-state index is 12.8. The van der Waals surface area contributed by atoms with E-state index in [1.165, 1.54) is 12.5 Å². The maximum Gasteiger partial charge on any atom is 0.210 e. The van der Waals surface area contributed by atoms with Gasteiger partial charge in [-0.15, -0.1) is 0 Å². The molecular formula is C16H16N4O2S. The third-order valence-electron chi connectivity index (χ3n) is 4.16. The van der Waals surface area contributed by atoms with Crippen LogP contribution in [-0.4, -0.2) is 36.5 Å². The highest BCUT2D eigenvalue weighted by Crippen LogP contribution is 2.31. The Morgan fingerprint density at radius 2 is 1.78 bits per heavy atom. The Bertz CT molecular complexity index is 945. The summed E-state index contributed by atoms with van der Waals surface area (Å²) in [5, 5.41) is 0. The minimum atomic E-state index is -3.60. The Labute approximate surface area is 134 Å². The standard InChI is InChI=1S/C16H16N4O2S/c21-23(22,12-6-2-1-3-7-12)13-10-17-15-14(13)18-11-19-16(15)20-8-4-5-9-20/h1-3,6-7,10-11,17H,4-5,8-9H2. The molecule has 0 radical (unpaired) electrons. The molecule has 4 rings (SSSR count). The molecule has 1 fully saturated rings. The average molecular weight is 328 g/mol. The number of anilines is 1. The van der Waals surface area contributed by atoms with Gasteiger partial charge in [-0.1, -0.05) is 18.2 Å². The van der Waals surface area contributed by atoms with Crippen molar-refractivity contribution in [3.05, 3.63) is 42.9 Å². The van der Waals surface area contributed by atoms with Crippen molar-refractivity contribution < 1.29 is 8.42 Å². The molecule has 0 spiro atoms. The van der Waals surface area contributed by atoms with Gasteiger partial charge in [-0.05, 0) is 25.0 Å². The zero-order chi connectivity index (χ0) is 15.9. The lowest BCUT2D eigenvalue weighted by atomic mass is 10.4. The van der Waals surface area contributed by atoms with Gasteiger partial charge in [0.2, 0.25) is 9.84 Å². The molecule has 3 aromatic rings. The summed E-state index contributed by atoms with van der Waals surface area (Å²) in [6.45, 7) is 1.87. The lowest BCUT2D eigenvalue weighted by Crippen LogP contribution is -2.19. The SMILES string of the molecule is O=S(=O)(c1ccccc1)c1c[nH]c2c(N3CCCC3)ncnc12. The Balaban J connectivity index is 1.88. The number of H-pyrrole nitrogens is 1. The summed E-state index contributed by atoms with van der Waals surface area (Å²) in [4.78, 5) is 14.3. The second-order valence-electron chi connectivity index (χ2n) is 5.58. The molecule has 0 unspecified atom stereocenters. The van der Waals surface area contributed by atoms with Crippen LogP contribution in [0.4, 0.5) is 5.82 Å². The van der Waals surface area contributed by atoms with Crippen molar-refractivity contribution in [1.82, 2.24) is 15.0 Å². The van der Waals surface area contributed by atoms with E-state index in [1.807, 2.05) is 0 Å². The van der Waals surface area contributed by atoms with Gasteiger partial charge >= 0.3 is 0 Å². The summed E-state index contributed by atoms with van der Waals surface area (Å²) in [5.41, 5.74) is 1.13. The van der Waals surface area contributed by atoms with Gasteiger partial charge in [0, 0.05) is 19.3 Å². The summed E-state index contributed by atoms with van der Waals surface area (Å²) in [5.74, 6) is 0.780. The lowest BCUT2D eigenvalue weighted by Gasteiger charge is -2.16. The first-order valence-electron chi connectivity index (χ1n) is 7.55. The number of aromatic amines is 1. The minimum Gasteiger partial charge on any atom is -0.356 e. The zero-order valence-corrected chi connectivity index (χ0v) is 13.3. The van der Waals surface area contributed by atoms with E-state index in [2.05, 4.69) is 19.9 Å². The Kier molecular flexibility index (Phi) is 3.30. The van der Waals surface area contributed by atoms with Crippen molar-refractivity contribution >= 4 is 26.7 Å². The topological polar surface area (TPSA) is 79.0 Å². The van der Waals surface area contributed by atoms with Gasteiger partial charge in [0.15, 0.2) is 5.82 Å². The summed E-state index contributed by atoms with van der Waals surface area (Å²) in [7, 11) is -3.60. The first kappa shape index (κ1) is 14.2. The van der Waals surface area contributed by atoms with Gasteiger partial charge in [-0.25, -0.2) is 18.4 Å². The van der Waals surface area contributed by atoms with Crippen molar-refractivity contribution in [3.8, 4) is 0 Å². The average Bonchev–Trinajstić information content (AvgIpc) is 3.25. The van der Waals surface area contributed by atoms with Crippen LogP contribution in [0.25, 0.3) is 11.0 Å². The monoisotopic (exact) mass is 328 g/mol. The van der Waals surface area contributed by atoms with Gasteiger partial charge in [0.05, 0.1) is 4.90 Å². The number of aromatic nitrogens is 3. The van der Waals surface area contributed by atoms with E-state index in [0.29, 0.717) is 11.0 Å². The highest BCUT2D eigenvalue weighted by atomic mass is 32.2. The molecule has 1 aromatic carbocycles. The highest BCUT2D eigenvalue weighted by Gasteiger charge is 2.25. The molecule has 3 heterocycles. The second kappa shape index (κ2) is 5.34. The fourth-order valence-corrected chi connectivity index (χ4v) is 4.40. The Morgan fingerprint density at radius 3 is 2.52 bits per heavy atom. The van der Waals surface area contributed by atoms with Crippen LogP contribution in [0, 0.1) is 0 Å². The molecule has 1 aliphatic heterocycles. The maximum atomic E-state index is 12.8. The third kappa shape index (κ3) is 2.28. The van der Waals surface area contributed by atoms with Gasteiger partial charge in [0.25, 0.3) is 0 Å². The molecule has 0 amide bonds. The summed E-state index contributed by atoms with van der Waals surface area (Å²) in [6, 6.07) is 8.41. The normalized spacial score (nSPS) is 15.4. The lowest BCUT2D eigenvalue weighted by molar-refractivity contribution is 0.597. The predicted molar refractivity (Wildman–Crippen MR) is 87.2 cm³/mol. The second-order valence-corrected chi connectivity index (χ2v) is 7.50. The van der Waals surface area contributed by atoms with Gasteiger partial charge in [0.1, 0.15) is 22.3 Å². The quantitative estimate of drug-likeness (QED) is 0.798. The smallest absolute Gasteiger partial charge is 0.210 e. The van der Waals surface area contributed by atoms with Crippen LogP contribution < -0.4 is 4.90 Å². The van der Waals surface area contributed by atoms with Crippen LogP contribution in [0.5, 0.6) is 0 Å². The number of benzene rings is 1. The van der Waals surface area contributed by atoms with Gasteiger partial charge in [-0.2, -0.15) is 0 Å². The molecule has 23 heavy (non-hydrogen) atoms. The number of nitrogens with one attached hydrogen (secondary N) is 1. The molecule has 6 nitrogen and oxygen atoms in total. The number of nitrogens with zero attached hydrogens (tertiary/aromatic N) is 3. The van der Waals surface area contributed by atoms with E-state index in [4.69, 9.17) is 0 Å². The van der Waals surface area contributed by atoms with Crippen molar-refractivity contribution in [2.75, 3.05) is 18.0 Å². The van der Waals surface area contributed by atoms with Gasteiger partial charge in [-0.3, -0.25) is 0 Å². The molecule has 0 atom stereocenters. The molecule has 7 heteroatoms. The number of hydrogen-bond acceptors (Lipinski definition) is 5. The molecule has 0 aliphatic carbocycles. The number of rotatable bonds is 3. The summed E-state index contributed by atoms with van der Waals surface area (Å²) >= 11 is 0. The fourth-order valence-electron chi connectivity index (χ4n) is 3.00. The molecular weight excluding hydrogens is 312 g/mol. The molecule has 0 bridgehead atoms. The van der Waals surface area contributed by atoms with Crippen molar-refractivity contribution in [3.63, 3.8) is 0 Å². The molecule has 118 valence electrons. The fraction of sp³-hybridized carbons (Fsp3) is 0.250.